The van der Waals surface area contributed by atoms with E-state index in [2.05, 4.69) is 10.4 Å². The minimum absolute atomic E-state index is 0.293. The molecule has 0 aliphatic rings. The standard InChI is InChI=1S/C13H15ClN4O/c1-8-3-4-10(14)5-11(8)17-13(19)12(15)9-6-16-18(2)7-9/h3-7,12H,15H2,1-2H3,(H,17,19). The van der Waals surface area contributed by atoms with E-state index >= 15 is 0 Å². The van der Waals surface area contributed by atoms with Gasteiger partial charge in [-0.15, -0.1) is 0 Å². The molecule has 2 rings (SSSR count). The molecule has 0 aliphatic carbocycles. The van der Waals surface area contributed by atoms with Gasteiger partial charge in [0.2, 0.25) is 5.91 Å². The molecule has 1 atom stereocenters. The van der Waals surface area contributed by atoms with Crippen molar-refractivity contribution in [2.45, 2.75) is 13.0 Å². The molecule has 1 unspecified atom stereocenters. The Hall–Kier alpha value is -1.85. The number of aryl methyl sites for hydroxylation is 2. The van der Waals surface area contributed by atoms with Gasteiger partial charge in [0.1, 0.15) is 6.04 Å². The highest BCUT2D eigenvalue weighted by Crippen LogP contribution is 2.21. The Morgan fingerprint density at radius 3 is 2.89 bits per heavy atom. The molecule has 0 fully saturated rings. The number of hydrogen-bond donors (Lipinski definition) is 2. The van der Waals surface area contributed by atoms with Crippen LogP contribution in [0.4, 0.5) is 5.69 Å². The normalized spacial score (nSPS) is 12.2. The van der Waals surface area contributed by atoms with Crippen LogP contribution in [0.25, 0.3) is 0 Å². The lowest BCUT2D eigenvalue weighted by Gasteiger charge is -2.12. The monoisotopic (exact) mass is 278 g/mol. The average molecular weight is 279 g/mol. The predicted molar refractivity (Wildman–Crippen MR) is 75.0 cm³/mol. The van der Waals surface area contributed by atoms with Gasteiger partial charge in [0.25, 0.3) is 0 Å². The molecular formula is C13H15ClN4O. The third-order valence-corrected chi connectivity index (χ3v) is 3.06. The van der Waals surface area contributed by atoms with Crippen molar-refractivity contribution in [3.05, 3.63) is 46.7 Å². The molecule has 100 valence electrons. The molecule has 0 aliphatic heterocycles. The van der Waals surface area contributed by atoms with Crippen molar-refractivity contribution in [1.82, 2.24) is 9.78 Å². The summed E-state index contributed by atoms with van der Waals surface area (Å²) in [6, 6.07) is 4.55. The Labute approximate surface area is 116 Å². The van der Waals surface area contributed by atoms with E-state index in [4.69, 9.17) is 17.3 Å². The summed E-state index contributed by atoms with van der Waals surface area (Å²) < 4.78 is 1.60. The van der Waals surface area contributed by atoms with E-state index in [-0.39, 0.29) is 5.91 Å². The number of amides is 1. The van der Waals surface area contributed by atoms with E-state index in [0.29, 0.717) is 16.3 Å². The molecular weight excluding hydrogens is 264 g/mol. The Balaban J connectivity index is 2.14. The highest BCUT2D eigenvalue weighted by Gasteiger charge is 2.18. The number of anilines is 1. The van der Waals surface area contributed by atoms with Gasteiger partial charge < -0.3 is 11.1 Å². The van der Waals surface area contributed by atoms with E-state index in [1.165, 1.54) is 0 Å². The van der Waals surface area contributed by atoms with E-state index in [1.807, 2.05) is 13.0 Å². The van der Waals surface area contributed by atoms with Gasteiger partial charge in [-0.1, -0.05) is 17.7 Å². The topological polar surface area (TPSA) is 72.9 Å². The number of aromatic nitrogens is 2. The number of carbonyl (C=O) groups is 1. The largest absolute Gasteiger partial charge is 0.324 e. The molecule has 0 saturated heterocycles. The van der Waals surface area contributed by atoms with Crippen LogP contribution >= 0.6 is 11.6 Å². The van der Waals surface area contributed by atoms with Gasteiger partial charge in [-0.05, 0) is 24.6 Å². The zero-order valence-electron chi connectivity index (χ0n) is 10.7. The number of halogens is 1. The summed E-state index contributed by atoms with van der Waals surface area (Å²) in [7, 11) is 1.77. The van der Waals surface area contributed by atoms with Gasteiger partial charge in [0.05, 0.1) is 6.20 Å². The van der Waals surface area contributed by atoms with E-state index in [9.17, 15) is 4.79 Å². The zero-order chi connectivity index (χ0) is 14.0. The second-order valence-electron chi connectivity index (χ2n) is 4.37. The summed E-state index contributed by atoms with van der Waals surface area (Å²) in [5.74, 6) is -0.293. The van der Waals surface area contributed by atoms with E-state index < -0.39 is 6.04 Å². The molecule has 6 heteroatoms. The van der Waals surface area contributed by atoms with Gasteiger partial charge in [-0.2, -0.15) is 5.10 Å². The second-order valence-corrected chi connectivity index (χ2v) is 4.81. The van der Waals surface area contributed by atoms with Crippen molar-refractivity contribution in [2.24, 2.45) is 12.8 Å². The summed E-state index contributed by atoms with van der Waals surface area (Å²) in [5, 5.41) is 7.33. The molecule has 1 heterocycles. The molecule has 5 nitrogen and oxygen atoms in total. The number of carbonyl (C=O) groups excluding carboxylic acids is 1. The van der Waals surface area contributed by atoms with E-state index in [0.717, 1.165) is 5.56 Å². The fourth-order valence-corrected chi connectivity index (χ4v) is 1.86. The third-order valence-electron chi connectivity index (χ3n) is 2.82. The molecule has 0 spiro atoms. The first kappa shape index (κ1) is 13.6. The predicted octanol–water partition coefficient (Wildman–Crippen LogP) is 2.02. The first-order valence-corrected chi connectivity index (χ1v) is 6.16. The third kappa shape index (κ3) is 3.13. The Bertz CT molecular complexity index is 608. The lowest BCUT2D eigenvalue weighted by atomic mass is 10.1. The van der Waals surface area contributed by atoms with Crippen LogP contribution in [-0.2, 0) is 11.8 Å². The van der Waals surface area contributed by atoms with Crippen LogP contribution < -0.4 is 11.1 Å². The molecule has 0 radical (unpaired) electrons. The number of benzene rings is 1. The number of nitrogens with one attached hydrogen (secondary N) is 1. The van der Waals surface area contributed by atoms with Crippen molar-refractivity contribution in [3.8, 4) is 0 Å². The number of nitrogens with zero attached hydrogens (tertiary/aromatic N) is 2. The van der Waals surface area contributed by atoms with Crippen LogP contribution in [-0.4, -0.2) is 15.7 Å². The lowest BCUT2D eigenvalue weighted by molar-refractivity contribution is -0.117. The van der Waals surface area contributed by atoms with E-state index in [1.54, 1.807) is 36.3 Å². The average Bonchev–Trinajstić information content (AvgIpc) is 2.79. The van der Waals surface area contributed by atoms with Crippen LogP contribution in [0.15, 0.2) is 30.6 Å². The van der Waals surface area contributed by atoms with Gasteiger partial charge >= 0.3 is 0 Å². The maximum absolute atomic E-state index is 12.1. The van der Waals surface area contributed by atoms with Crippen LogP contribution in [0.2, 0.25) is 5.02 Å². The van der Waals surface area contributed by atoms with Crippen molar-refractivity contribution >= 4 is 23.2 Å². The molecule has 1 aromatic carbocycles. The van der Waals surface area contributed by atoms with Gasteiger partial charge in [0.15, 0.2) is 0 Å². The minimum atomic E-state index is -0.757. The number of rotatable bonds is 3. The van der Waals surface area contributed by atoms with Crippen LogP contribution in [0.1, 0.15) is 17.2 Å². The summed E-state index contributed by atoms with van der Waals surface area (Å²) in [5.41, 5.74) is 8.15. The quantitative estimate of drug-likeness (QED) is 0.902. The maximum Gasteiger partial charge on any atom is 0.246 e. The highest BCUT2D eigenvalue weighted by molar-refractivity contribution is 6.31. The SMILES string of the molecule is Cc1ccc(Cl)cc1NC(=O)C(N)c1cnn(C)c1. The van der Waals surface area contributed by atoms with Crippen molar-refractivity contribution in [1.29, 1.82) is 0 Å². The number of hydrogen-bond acceptors (Lipinski definition) is 3. The first-order valence-electron chi connectivity index (χ1n) is 5.78. The Kier molecular flexibility index (Phi) is 3.87. The Morgan fingerprint density at radius 1 is 1.53 bits per heavy atom. The fraction of sp³-hybridized carbons (Fsp3) is 0.231. The summed E-state index contributed by atoms with van der Waals surface area (Å²) in [6.45, 7) is 1.89. The molecule has 0 bridgehead atoms. The van der Waals surface area contributed by atoms with Crippen molar-refractivity contribution < 1.29 is 4.79 Å². The molecule has 19 heavy (non-hydrogen) atoms. The van der Waals surface area contributed by atoms with Gasteiger partial charge in [-0.3, -0.25) is 9.48 Å². The van der Waals surface area contributed by atoms with Crippen LogP contribution in [0, 0.1) is 6.92 Å². The maximum atomic E-state index is 12.1. The lowest BCUT2D eigenvalue weighted by Crippen LogP contribution is -2.27. The Morgan fingerprint density at radius 2 is 2.26 bits per heavy atom. The van der Waals surface area contributed by atoms with Gasteiger partial charge in [-0.25, -0.2) is 0 Å². The molecule has 2 aromatic rings. The van der Waals surface area contributed by atoms with Crippen LogP contribution in [0.5, 0.6) is 0 Å². The summed E-state index contributed by atoms with van der Waals surface area (Å²) >= 11 is 5.90. The minimum Gasteiger partial charge on any atom is -0.324 e. The smallest absolute Gasteiger partial charge is 0.246 e. The van der Waals surface area contributed by atoms with Crippen molar-refractivity contribution in [2.75, 3.05) is 5.32 Å². The number of nitrogens with two attached hydrogens (primary N) is 1. The molecule has 3 N–H and O–H groups in total. The summed E-state index contributed by atoms with van der Waals surface area (Å²) in [6.07, 6.45) is 3.30. The molecule has 1 amide bonds. The second kappa shape index (κ2) is 5.42. The first-order chi connectivity index (χ1) is 8.97. The zero-order valence-corrected chi connectivity index (χ0v) is 11.5. The highest BCUT2D eigenvalue weighted by atomic mass is 35.5. The van der Waals surface area contributed by atoms with Crippen LogP contribution in [0.3, 0.4) is 0 Å². The van der Waals surface area contributed by atoms with Gasteiger partial charge in [0, 0.05) is 29.5 Å². The molecule has 0 saturated carbocycles. The molecule has 1 aromatic heterocycles. The summed E-state index contributed by atoms with van der Waals surface area (Å²) in [4.78, 5) is 12.1. The van der Waals surface area contributed by atoms with Crippen molar-refractivity contribution in [3.63, 3.8) is 0 Å². The fourth-order valence-electron chi connectivity index (χ4n) is 1.69.